The third-order valence-corrected chi connectivity index (χ3v) is 4.76. The summed E-state index contributed by atoms with van der Waals surface area (Å²) in [5.41, 5.74) is 0. The van der Waals surface area contributed by atoms with Crippen molar-refractivity contribution in [2.75, 3.05) is 39.4 Å². The van der Waals surface area contributed by atoms with Crippen LogP contribution in [0.1, 0.15) is 6.42 Å². The molecule has 3 heterocycles. The molecule has 7 heteroatoms. The van der Waals surface area contributed by atoms with Crippen molar-refractivity contribution in [2.24, 2.45) is 0 Å². The summed E-state index contributed by atoms with van der Waals surface area (Å²) < 4.78 is 16.4. The van der Waals surface area contributed by atoms with Gasteiger partial charge in [0.2, 0.25) is 6.10 Å². The van der Waals surface area contributed by atoms with Crippen LogP contribution in [0.5, 0.6) is 11.5 Å². The van der Waals surface area contributed by atoms with Gasteiger partial charge in [-0.3, -0.25) is 14.5 Å². The lowest BCUT2D eigenvalue weighted by molar-refractivity contribution is -0.145. The van der Waals surface area contributed by atoms with E-state index in [0.717, 1.165) is 6.42 Å². The first-order valence-corrected chi connectivity index (χ1v) is 8.30. The predicted molar refractivity (Wildman–Crippen MR) is 83.9 cm³/mol. The minimum Gasteiger partial charge on any atom is -0.485 e. The van der Waals surface area contributed by atoms with Crippen LogP contribution in [0.2, 0.25) is 0 Å². The number of para-hydroxylation sites is 2. The topological polar surface area (TPSA) is 68.3 Å². The van der Waals surface area contributed by atoms with E-state index in [1.54, 1.807) is 11.0 Å². The molecule has 24 heavy (non-hydrogen) atoms. The second-order valence-corrected chi connectivity index (χ2v) is 6.20. The summed E-state index contributed by atoms with van der Waals surface area (Å²) in [5, 5.41) is 0. The highest BCUT2D eigenvalue weighted by Crippen LogP contribution is 2.31. The van der Waals surface area contributed by atoms with Crippen molar-refractivity contribution >= 4 is 11.9 Å². The quantitative estimate of drug-likeness (QED) is 0.725. The molecule has 1 aromatic carbocycles. The maximum absolute atomic E-state index is 12.7. The summed E-state index contributed by atoms with van der Waals surface area (Å²) in [6, 6.07) is 7.21. The van der Waals surface area contributed by atoms with Gasteiger partial charge in [0.15, 0.2) is 11.5 Å². The van der Waals surface area contributed by atoms with Crippen LogP contribution in [0.4, 0.5) is 0 Å². The zero-order chi connectivity index (χ0) is 16.5. The van der Waals surface area contributed by atoms with E-state index in [1.807, 2.05) is 18.2 Å². The Kier molecular flexibility index (Phi) is 4.02. The van der Waals surface area contributed by atoms with E-state index in [0.29, 0.717) is 44.3 Å². The summed E-state index contributed by atoms with van der Waals surface area (Å²) in [6.07, 6.45) is 0.131. The molecule has 0 N–H and O–H groups in total. The standard InChI is InChI=1S/C17H20N2O5/c20-16(15-11-23-13-3-1-2-4-14(13)24-15)19-8-6-18(7-9-19)12-5-10-22-17(12)21/h1-4,12,15H,5-11H2/t12-,15-/m1/s1. The van der Waals surface area contributed by atoms with Crippen molar-refractivity contribution in [3.8, 4) is 11.5 Å². The number of carbonyl (C=O) groups is 2. The monoisotopic (exact) mass is 332 g/mol. The zero-order valence-electron chi connectivity index (χ0n) is 13.3. The summed E-state index contributed by atoms with van der Waals surface area (Å²) >= 11 is 0. The fourth-order valence-electron chi connectivity index (χ4n) is 3.42. The molecule has 4 rings (SSSR count). The molecule has 7 nitrogen and oxygen atoms in total. The Morgan fingerprint density at radius 2 is 1.79 bits per heavy atom. The number of esters is 1. The number of carbonyl (C=O) groups excluding carboxylic acids is 2. The van der Waals surface area contributed by atoms with Gasteiger partial charge in [-0.1, -0.05) is 12.1 Å². The highest BCUT2D eigenvalue weighted by molar-refractivity contribution is 5.82. The van der Waals surface area contributed by atoms with Gasteiger partial charge in [-0.05, 0) is 12.1 Å². The number of piperazine rings is 1. The molecule has 1 amide bonds. The van der Waals surface area contributed by atoms with Crippen LogP contribution in [-0.4, -0.2) is 73.2 Å². The van der Waals surface area contributed by atoms with Crippen LogP contribution in [0.25, 0.3) is 0 Å². The number of rotatable bonds is 2. The molecule has 0 unspecified atom stereocenters. The number of amides is 1. The Morgan fingerprint density at radius 3 is 2.50 bits per heavy atom. The lowest BCUT2D eigenvalue weighted by Gasteiger charge is -2.38. The lowest BCUT2D eigenvalue weighted by Crippen LogP contribution is -2.56. The fourth-order valence-corrected chi connectivity index (χ4v) is 3.42. The van der Waals surface area contributed by atoms with Gasteiger partial charge in [-0.15, -0.1) is 0 Å². The molecule has 0 saturated carbocycles. The van der Waals surface area contributed by atoms with E-state index in [2.05, 4.69) is 4.90 Å². The zero-order valence-corrected chi connectivity index (χ0v) is 13.3. The summed E-state index contributed by atoms with van der Waals surface area (Å²) in [6.45, 7) is 3.25. The van der Waals surface area contributed by atoms with Gasteiger partial charge < -0.3 is 19.1 Å². The molecule has 0 radical (unpaired) electrons. The second-order valence-electron chi connectivity index (χ2n) is 6.20. The molecule has 2 fully saturated rings. The van der Waals surface area contributed by atoms with Crippen LogP contribution in [0, 0.1) is 0 Å². The van der Waals surface area contributed by atoms with Gasteiger partial charge in [0.25, 0.3) is 5.91 Å². The number of fused-ring (bicyclic) bond motifs is 1. The normalized spacial score (nSPS) is 27.0. The molecule has 0 spiro atoms. The van der Waals surface area contributed by atoms with Crippen LogP contribution in [0.15, 0.2) is 24.3 Å². The van der Waals surface area contributed by atoms with E-state index < -0.39 is 6.10 Å². The average molecular weight is 332 g/mol. The van der Waals surface area contributed by atoms with Gasteiger partial charge in [0.05, 0.1) is 6.61 Å². The van der Waals surface area contributed by atoms with E-state index in [9.17, 15) is 9.59 Å². The molecule has 0 bridgehead atoms. The molecule has 2 saturated heterocycles. The Labute approximate surface area is 140 Å². The van der Waals surface area contributed by atoms with Gasteiger partial charge in [0.1, 0.15) is 12.6 Å². The molecular weight excluding hydrogens is 312 g/mol. The van der Waals surface area contributed by atoms with Crippen molar-refractivity contribution in [1.29, 1.82) is 0 Å². The Hall–Kier alpha value is -2.28. The third-order valence-electron chi connectivity index (χ3n) is 4.76. The maximum Gasteiger partial charge on any atom is 0.323 e. The van der Waals surface area contributed by atoms with E-state index in [4.69, 9.17) is 14.2 Å². The molecule has 1 aromatic rings. The molecule has 128 valence electrons. The van der Waals surface area contributed by atoms with Gasteiger partial charge in [0, 0.05) is 32.6 Å². The summed E-state index contributed by atoms with van der Waals surface area (Å²) in [5.74, 6) is 1.08. The molecule has 0 aliphatic carbocycles. The molecular formula is C17H20N2O5. The molecule has 2 atom stereocenters. The van der Waals surface area contributed by atoms with Crippen LogP contribution in [0.3, 0.4) is 0 Å². The Morgan fingerprint density at radius 1 is 1.04 bits per heavy atom. The van der Waals surface area contributed by atoms with Crippen LogP contribution < -0.4 is 9.47 Å². The van der Waals surface area contributed by atoms with Gasteiger partial charge in [-0.2, -0.15) is 0 Å². The highest BCUT2D eigenvalue weighted by Gasteiger charge is 2.37. The lowest BCUT2D eigenvalue weighted by atomic mass is 10.1. The first kappa shape index (κ1) is 15.3. The number of hydrogen-bond acceptors (Lipinski definition) is 6. The average Bonchev–Trinajstić information content (AvgIpc) is 3.07. The van der Waals surface area contributed by atoms with Gasteiger partial charge >= 0.3 is 5.97 Å². The number of benzene rings is 1. The SMILES string of the molecule is O=C1OCC[C@H]1N1CCN(C(=O)[C@H]2COc3ccccc3O2)CC1. The maximum atomic E-state index is 12.7. The minimum atomic E-state index is -0.608. The minimum absolute atomic E-state index is 0.0573. The van der Waals surface area contributed by atoms with Crippen LogP contribution in [-0.2, 0) is 14.3 Å². The van der Waals surface area contributed by atoms with E-state index in [-0.39, 0.29) is 24.5 Å². The van der Waals surface area contributed by atoms with Crippen LogP contribution >= 0.6 is 0 Å². The second kappa shape index (κ2) is 6.32. The van der Waals surface area contributed by atoms with Crippen molar-refractivity contribution in [1.82, 2.24) is 9.80 Å². The highest BCUT2D eigenvalue weighted by atomic mass is 16.6. The van der Waals surface area contributed by atoms with E-state index >= 15 is 0 Å². The van der Waals surface area contributed by atoms with Crippen molar-refractivity contribution in [2.45, 2.75) is 18.6 Å². The molecule has 3 aliphatic rings. The first-order chi connectivity index (χ1) is 11.7. The number of hydrogen-bond donors (Lipinski definition) is 0. The van der Waals surface area contributed by atoms with Crippen molar-refractivity contribution < 1.29 is 23.8 Å². The Bertz CT molecular complexity index is 642. The summed E-state index contributed by atoms with van der Waals surface area (Å²) in [4.78, 5) is 28.2. The van der Waals surface area contributed by atoms with E-state index in [1.165, 1.54) is 0 Å². The number of cyclic esters (lactones) is 1. The first-order valence-electron chi connectivity index (χ1n) is 8.30. The molecule has 3 aliphatic heterocycles. The predicted octanol–water partition coefficient (Wildman–Crippen LogP) is 0.286. The fraction of sp³-hybridized carbons (Fsp3) is 0.529. The Balaban J connectivity index is 1.34. The van der Waals surface area contributed by atoms with Crippen molar-refractivity contribution in [3.05, 3.63) is 24.3 Å². The number of ether oxygens (including phenoxy) is 3. The smallest absolute Gasteiger partial charge is 0.323 e. The van der Waals surface area contributed by atoms with Crippen molar-refractivity contribution in [3.63, 3.8) is 0 Å². The molecule has 0 aromatic heterocycles. The third kappa shape index (κ3) is 2.80. The number of nitrogens with zero attached hydrogens (tertiary/aromatic N) is 2. The van der Waals surface area contributed by atoms with Gasteiger partial charge in [-0.25, -0.2) is 0 Å². The summed E-state index contributed by atoms with van der Waals surface area (Å²) in [7, 11) is 0. The largest absolute Gasteiger partial charge is 0.485 e.